The van der Waals surface area contributed by atoms with E-state index in [0.29, 0.717) is 5.02 Å². The fourth-order valence-electron chi connectivity index (χ4n) is 2.33. The van der Waals surface area contributed by atoms with E-state index in [1.54, 1.807) is 36.4 Å². The van der Waals surface area contributed by atoms with Gasteiger partial charge in [0.25, 0.3) is 16.8 Å². The van der Waals surface area contributed by atoms with Crippen LogP contribution in [0.2, 0.25) is 5.02 Å². The molecule has 2 aromatic rings. The quantitative estimate of drug-likeness (QED) is 0.447. The lowest BCUT2D eigenvalue weighted by molar-refractivity contribution is -0.385. The maximum atomic E-state index is 12.5. The van der Waals surface area contributed by atoms with E-state index in [1.165, 1.54) is 18.2 Å². The molecule has 0 spiro atoms. The Bertz CT molecular complexity index is 896. The number of carbonyl (C=O) groups excluding carboxylic acids is 2. The molecule has 0 saturated carbocycles. The van der Waals surface area contributed by atoms with Crippen molar-refractivity contribution in [1.82, 2.24) is 4.90 Å². The third kappa shape index (κ3) is 3.72. The molecule has 126 valence electrons. The van der Waals surface area contributed by atoms with E-state index in [2.05, 4.69) is 0 Å². The fourth-order valence-corrected chi connectivity index (χ4v) is 3.28. The molecule has 0 N–H and O–H groups in total. The molecule has 8 heteroatoms. The highest BCUT2D eigenvalue weighted by atomic mass is 35.5. The molecular formula is C17H11ClN2O4S. The first-order valence-corrected chi connectivity index (χ1v) is 8.38. The van der Waals surface area contributed by atoms with E-state index < -0.39 is 16.1 Å². The standard InChI is InChI=1S/C17H11ClN2O4S/c18-13-7-5-11(6-8-13)10-19-16(21)15(25-17(19)22)9-12-3-1-2-4-14(12)20(23)24/h1-9H,10H2/b15-9+. The summed E-state index contributed by atoms with van der Waals surface area (Å²) < 4.78 is 0. The van der Waals surface area contributed by atoms with Crippen LogP contribution in [-0.4, -0.2) is 21.0 Å². The minimum absolute atomic E-state index is 0.119. The first-order valence-electron chi connectivity index (χ1n) is 7.19. The van der Waals surface area contributed by atoms with Crippen molar-refractivity contribution >= 4 is 46.3 Å². The van der Waals surface area contributed by atoms with Crippen molar-refractivity contribution < 1.29 is 14.5 Å². The summed E-state index contributed by atoms with van der Waals surface area (Å²) in [6, 6.07) is 12.9. The molecule has 2 amide bonds. The Morgan fingerprint density at radius 3 is 2.48 bits per heavy atom. The molecular weight excluding hydrogens is 364 g/mol. The van der Waals surface area contributed by atoms with Crippen LogP contribution in [-0.2, 0) is 11.3 Å². The van der Waals surface area contributed by atoms with Gasteiger partial charge in [0.15, 0.2) is 0 Å². The lowest BCUT2D eigenvalue weighted by Crippen LogP contribution is -2.27. The van der Waals surface area contributed by atoms with Crippen LogP contribution in [0.4, 0.5) is 10.5 Å². The summed E-state index contributed by atoms with van der Waals surface area (Å²) in [7, 11) is 0. The van der Waals surface area contributed by atoms with Gasteiger partial charge in [-0.15, -0.1) is 0 Å². The van der Waals surface area contributed by atoms with Gasteiger partial charge in [-0.2, -0.15) is 0 Å². The van der Waals surface area contributed by atoms with Crippen molar-refractivity contribution in [3.05, 3.63) is 79.7 Å². The van der Waals surface area contributed by atoms with Gasteiger partial charge in [-0.25, -0.2) is 0 Å². The molecule has 1 heterocycles. The Labute approximate surface area is 152 Å². The molecule has 2 aromatic carbocycles. The number of para-hydroxylation sites is 1. The number of nitrogens with zero attached hydrogens (tertiary/aromatic N) is 2. The largest absolute Gasteiger partial charge is 0.293 e. The first kappa shape index (κ1) is 17.2. The number of halogens is 1. The van der Waals surface area contributed by atoms with E-state index >= 15 is 0 Å². The molecule has 0 radical (unpaired) electrons. The topological polar surface area (TPSA) is 80.5 Å². The predicted molar refractivity (Wildman–Crippen MR) is 96.1 cm³/mol. The minimum atomic E-state index is -0.524. The second-order valence-corrected chi connectivity index (χ2v) is 6.64. The molecule has 6 nitrogen and oxygen atoms in total. The Balaban J connectivity index is 1.86. The zero-order valence-corrected chi connectivity index (χ0v) is 14.3. The first-order chi connectivity index (χ1) is 12.0. The van der Waals surface area contributed by atoms with E-state index in [-0.39, 0.29) is 22.7 Å². The summed E-state index contributed by atoms with van der Waals surface area (Å²) in [6.07, 6.45) is 1.38. The smallest absolute Gasteiger partial charge is 0.268 e. The SMILES string of the molecule is O=C1S/C(=C/c2ccccc2[N+](=O)[O-])C(=O)N1Cc1ccc(Cl)cc1. The molecule has 3 rings (SSSR count). The van der Waals surface area contributed by atoms with E-state index in [0.717, 1.165) is 22.2 Å². The maximum Gasteiger partial charge on any atom is 0.293 e. The normalized spacial score (nSPS) is 15.9. The highest BCUT2D eigenvalue weighted by molar-refractivity contribution is 8.18. The number of hydrogen-bond acceptors (Lipinski definition) is 5. The van der Waals surface area contributed by atoms with E-state index in [4.69, 9.17) is 11.6 Å². The average molecular weight is 375 g/mol. The van der Waals surface area contributed by atoms with Crippen molar-refractivity contribution in [3.63, 3.8) is 0 Å². The summed E-state index contributed by atoms with van der Waals surface area (Å²) in [5.74, 6) is -0.469. The van der Waals surface area contributed by atoms with Crippen LogP contribution in [0.5, 0.6) is 0 Å². The van der Waals surface area contributed by atoms with E-state index in [9.17, 15) is 19.7 Å². The number of carbonyl (C=O) groups is 2. The van der Waals surface area contributed by atoms with Crippen LogP contribution < -0.4 is 0 Å². The number of nitro benzene ring substituents is 1. The molecule has 0 atom stereocenters. The Morgan fingerprint density at radius 1 is 1.12 bits per heavy atom. The van der Waals surface area contributed by atoms with Crippen molar-refractivity contribution in [1.29, 1.82) is 0 Å². The van der Waals surface area contributed by atoms with Gasteiger partial charge in [-0.3, -0.25) is 24.6 Å². The monoisotopic (exact) mass is 374 g/mol. The molecule has 0 bridgehead atoms. The van der Waals surface area contributed by atoms with Crippen LogP contribution in [0.15, 0.2) is 53.4 Å². The van der Waals surface area contributed by atoms with Gasteiger partial charge in [0.05, 0.1) is 21.9 Å². The van der Waals surface area contributed by atoms with Crippen LogP contribution in [0.1, 0.15) is 11.1 Å². The number of nitro groups is 1. The third-order valence-corrected chi connectivity index (χ3v) is 4.71. The van der Waals surface area contributed by atoms with Gasteiger partial charge >= 0.3 is 0 Å². The lowest BCUT2D eigenvalue weighted by Gasteiger charge is -2.12. The zero-order chi connectivity index (χ0) is 18.0. The maximum absolute atomic E-state index is 12.5. The van der Waals surface area contributed by atoms with Gasteiger partial charge in [0.2, 0.25) is 0 Å². The molecule has 1 fully saturated rings. The predicted octanol–water partition coefficient (Wildman–Crippen LogP) is 4.48. The molecule has 0 aromatic heterocycles. The van der Waals surface area contributed by atoms with Crippen LogP contribution >= 0.6 is 23.4 Å². The number of rotatable bonds is 4. The van der Waals surface area contributed by atoms with Crippen molar-refractivity contribution in [2.75, 3.05) is 0 Å². The molecule has 1 saturated heterocycles. The molecule has 1 aliphatic heterocycles. The second-order valence-electron chi connectivity index (χ2n) is 5.21. The number of thioether (sulfide) groups is 1. The third-order valence-electron chi connectivity index (χ3n) is 3.55. The van der Waals surface area contributed by atoms with Crippen molar-refractivity contribution in [2.24, 2.45) is 0 Å². The summed E-state index contributed by atoms with van der Waals surface area (Å²) >= 11 is 6.59. The van der Waals surface area contributed by atoms with Crippen molar-refractivity contribution in [3.8, 4) is 0 Å². The molecule has 25 heavy (non-hydrogen) atoms. The average Bonchev–Trinajstić information content (AvgIpc) is 2.84. The highest BCUT2D eigenvalue weighted by Crippen LogP contribution is 2.34. The van der Waals surface area contributed by atoms with Gasteiger partial charge < -0.3 is 0 Å². The Hall–Kier alpha value is -2.64. The molecule has 0 unspecified atom stereocenters. The Morgan fingerprint density at radius 2 is 1.80 bits per heavy atom. The second kappa shape index (κ2) is 7.08. The number of benzene rings is 2. The lowest BCUT2D eigenvalue weighted by atomic mass is 10.1. The van der Waals surface area contributed by atoms with Crippen LogP contribution in [0.25, 0.3) is 6.08 Å². The number of hydrogen-bond donors (Lipinski definition) is 0. The minimum Gasteiger partial charge on any atom is -0.268 e. The fraction of sp³-hybridized carbons (Fsp3) is 0.0588. The van der Waals surface area contributed by atoms with Crippen LogP contribution in [0, 0.1) is 10.1 Å². The number of imide groups is 1. The van der Waals surface area contributed by atoms with Gasteiger partial charge in [0.1, 0.15) is 0 Å². The van der Waals surface area contributed by atoms with Gasteiger partial charge in [-0.1, -0.05) is 35.9 Å². The van der Waals surface area contributed by atoms with Crippen molar-refractivity contribution in [2.45, 2.75) is 6.54 Å². The van der Waals surface area contributed by atoms with Gasteiger partial charge in [0, 0.05) is 11.1 Å². The van der Waals surface area contributed by atoms with E-state index in [1.807, 2.05) is 0 Å². The van der Waals surface area contributed by atoms with Crippen LogP contribution in [0.3, 0.4) is 0 Å². The highest BCUT2D eigenvalue weighted by Gasteiger charge is 2.35. The Kier molecular flexibility index (Phi) is 4.87. The number of amides is 2. The van der Waals surface area contributed by atoms with Gasteiger partial charge in [-0.05, 0) is 41.6 Å². The summed E-state index contributed by atoms with van der Waals surface area (Å²) in [4.78, 5) is 36.4. The summed E-state index contributed by atoms with van der Waals surface area (Å²) in [6.45, 7) is 0.121. The summed E-state index contributed by atoms with van der Waals surface area (Å²) in [5, 5.41) is 11.2. The molecule has 1 aliphatic rings. The summed E-state index contributed by atoms with van der Waals surface area (Å²) in [5.41, 5.74) is 0.926. The molecule has 0 aliphatic carbocycles. The zero-order valence-electron chi connectivity index (χ0n) is 12.7.